The number of hydrogen-bond donors (Lipinski definition) is 1. The monoisotopic (exact) mass is 280 g/mol. The number of hydrogen-bond acceptors (Lipinski definition) is 2. The van der Waals surface area contributed by atoms with Crippen LogP contribution in [0.15, 0.2) is 24.3 Å². The fourth-order valence-corrected chi connectivity index (χ4v) is 2.19. The summed E-state index contributed by atoms with van der Waals surface area (Å²) in [6.45, 7) is 2.03. The summed E-state index contributed by atoms with van der Waals surface area (Å²) in [4.78, 5) is 25.0. The van der Waals surface area contributed by atoms with Crippen LogP contribution in [0.5, 0.6) is 0 Å². The number of amides is 2. The van der Waals surface area contributed by atoms with Gasteiger partial charge in [-0.1, -0.05) is 17.7 Å². The largest absolute Gasteiger partial charge is 0.339 e. The van der Waals surface area contributed by atoms with Gasteiger partial charge >= 0.3 is 0 Å². The minimum Gasteiger partial charge on any atom is -0.339 e. The summed E-state index contributed by atoms with van der Waals surface area (Å²) in [7, 11) is 0. The summed E-state index contributed by atoms with van der Waals surface area (Å²) in [5, 5.41) is 3.36. The van der Waals surface area contributed by atoms with E-state index in [0.717, 1.165) is 12.8 Å². The quantitative estimate of drug-likeness (QED) is 0.901. The Bertz CT molecular complexity index is 486. The van der Waals surface area contributed by atoms with E-state index in [1.54, 1.807) is 36.1 Å². The first kappa shape index (κ1) is 13.9. The molecular weight excluding hydrogens is 264 g/mol. The molecule has 1 aromatic carbocycles. The molecule has 0 heterocycles. The lowest BCUT2D eigenvalue weighted by atomic mass is 10.3. The zero-order chi connectivity index (χ0) is 13.8. The minimum atomic E-state index is -0.103. The highest BCUT2D eigenvalue weighted by Crippen LogP contribution is 2.27. The van der Waals surface area contributed by atoms with Crippen LogP contribution in [-0.2, 0) is 9.59 Å². The van der Waals surface area contributed by atoms with Crippen molar-refractivity contribution in [1.82, 2.24) is 4.90 Å². The maximum absolute atomic E-state index is 11.8. The van der Waals surface area contributed by atoms with Gasteiger partial charge in [0.25, 0.3) is 0 Å². The van der Waals surface area contributed by atoms with Crippen LogP contribution in [0, 0.1) is 0 Å². The summed E-state index contributed by atoms with van der Waals surface area (Å²) in [6.07, 6.45) is 2.41. The average molecular weight is 281 g/mol. The van der Waals surface area contributed by atoms with Gasteiger partial charge in [0.05, 0.1) is 0 Å². The fraction of sp³-hybridized carbons (Fsp3) is 0.429. The molecule has 1 saturated carbocycles. The van der Waals surface area contributed by atoms with Crippen molar-refractivity contribution >= 4 is 29.1 Å². The Labute approximate surface area is 117 Å². The zero-order valence-corrected chi connectivity index (χ0v) is 11.6. The molecule has 1 N–H and O–H groups in total. The van der Waals surface area contributed by atoms with Crippen LogP contribution in [0.1, 0.15) is 26.2 Å². The van der Waals surface area contributed by atoms with Crippen LogP contribution in [-0.4, -0.2) is 29.3 Å². The van der Waals surface area contributed by atoms with Crippen LogP contribution in [0.3, 0.4) is 0 Å². The highest BCUT2D eigenvalue weighted by Gasteiger charge is 2.30. The summed E-state index contributed by atoms with van der Waals surface area (Å²) in [6, 6.07) is 7.36. The molecule has 4 nitrogen and oxygen atoms in total. The third kappa shape index (κ3) is 4.24. The van der Waals surface area contributed by atoms with E-state index in [1.165, 1.54) is 0 Å². The van der Waals surface area contributed by atoms with Crippen molar-refractivity contribution in [3.8, 4) is 0 Å². The van der Waals surface area contributed by atoms with Gasteiger partial charge in [-0.3, -0.25) is 9.59 Å². The van der Waals surface area contributed by atoms with E-state index in [0.29, 0.717) is 29.7 Å². The molecule has 0 aliphatic heterocycles. The topological polar surface area (TPSA) is 49.4 Å². The van der Waals surface area contributed by atoms with Crippen molar-refractivity contribution in [1.29, 1.82) is 0 Å². The smallest absolute Gasteiger partial charge is 0.226 e. The van der Waals surface area contributed by atoms with Crippen molar-refractivity contribution < 1.29 is 9.59 Å². The van der Waals surface area contributed by atoms with E-state index in [4.69, 9.17) is 11.6 Å². The molecule has 0 radical (unpaired) electrons. The molecule has 0 bridgehead atoms. The molecule has 0 atom stereocenters. The van der Waals surface area contributed by atoms with Crippen molar-refractivity contribution in [2.75, 3.05) is 11.9 Å². The molecular formula is C14H17ClN2O2. The molecule has 0 aromatic heterocycles. The standard InChI is InChI=1S/C14H17ClN2O2/c1-10(18)17(13-5-6-13)8-7-14(19)16-12-4-2-3-11(15)9-12/h2-4,9,13H,5-8H2,1H3,(H,16,19). The number of anilines is 1. The molecule has 19 heavy (non-hydrogen) atoms. The molecule has 102 valence electrons. The average Bonchev–Trinajstić information content (AvgIpc) is 3.13. The molecule has 1 aliphatic carbocycles. The third-order valence-corrected chi connectivity index (χ3v) is 3.32. The number of carbonyl (C=O) groups is 2. The SMILES string of the molecule is CC(=O)N(CCC(=O)Nc1cccc(Cl)c1)C1CC1. The van der Waals surface area contributed by atoms with E-state index in [9.17, 15) is 9.59 Å². The van der Waals surface area contributed by atoms with Gasteiger partial charge in [-0.25, -0.2) is 0 Å². The summed E-state index contributed by atoms with van der Waals surface area (Å²) in [5.41, 5.74) is 0.679. The number of rotatable bonds is 5. The minimum absolute atomic E-state index is 0.0399. The Kier molecular flexibility index (Phi) is 4.43. The number of nitrogens with zero attached hydrogens (tertiary/aromatic N) is 1. The second-order valence-electron chi connectivity index (χ2n) is 4.75. The summed E-state index contributed by atoms with van der Waals surface area (Å²) in [5.74, 6) is -0.0628. The maximum Gasteiger partial charge on any atom is 0.226 e. The molecule has 1 fully saturated rings. The van der Waals surface area contributed by atoms with Crippen molar-refractivity contribution in [3.63, 3.8) is 0 Å². The Morgan fingerprint density at radius 3 is 2.74 bits per heavy atom. The van der Waals surface area contributed by atoms with Crippen molar-refractivity contribution in [2.24, 2.45) is 0 Å². The van der Waals surface area contributed by atoms with Crippen LogP contribution in [0.25, 0.3) is 0 Å². The van der Waals surface area contributed by atoms with E-state index in [1.807, 2.05) is 0 Å². The number of nitrogens with one attached hydrogen (secondary N) is 1. The molecule has 0 unspecified atom stereocenters. The Hall–Kier alpha value is -1.55. The van der Waals surface area contributed by atoms with Gasteiger partial charge in [0.15, 0.2) is 0 Å². The predicted octanol–water partition coefficient (Wildman–Crippen LogP) is 2.68. The lowest BCUT2D eigenvalue weighted by molar-refractivity contribution is -0.129. The van der Waals surface area contributed by atoms with E-state index >= 15 is 0 Å². The van der Waals surface area contributed by atoms with Gasteiger partial charge in [0.2, 0.25) is 11.8 Å². The highest BCUT2D eigenvalue weighted by molar-refractivity contribution is 6.30. The van der Waals surface area contributed by atoms with Gasteiger partial charge in [-0.2, -0.15) is 0 Å². The normalized spacial score (nSPS) is 14.0. The predicted molar refractivity (Wildman–Crippen MR) is 75.1 cm³/mol. The number of carbonyl (C=O) groups excluding carboxylic acids is 2. The molecule has 1 aliphatic rings. The van der Waals surface area contributed by atoms with Gasteiger partial charge in [0.1, 0.15) is 0 Å². The molecule has 1 aromatic rings. The number of halogens is 1. The van der Waals surface area contributed by atoms with Gasteiger partial charge < -0.3 is 10.2 Å². The fourth-order valence-electron chi connectivity index (χ4n) is 2.00. The molecule has 0 spiro atoms. The third-order valence-electron chi connectivity index (χ3n) is 3.08. The highest BCUT2D eigenvalue weighted by atomic mass is 35.5. The molecule has 0 saturated heterocycles. The first-order chi connectivity index (χ1) is 9.06. The first-order valence-electron chi connectivity index (χ1n) is 6.39. The lowest BCUT2D eigenvalue weighted by Gasteiger charge is -2.20. The lowest BCUT2D eigenvalue weighted by Crippen LogP contribution is -2.33. The van der Waals surface area contributed by atoms with Gasteiger partial charge in [-0.05, 0) is 31.0 Å². The Balaban J connectivity index is 1.82. The molecule has 2 rings (SSSR count). The molecule has 2 amide bonds. The van der Waals surface area contributed by atoms with Crippen LogP contribution in [0.4, 0.5) is 5.69 Å². The van der Waals surface area contributed by atoms with Crippen LogP contribution in [0.2, 0.25) is 5.02 Å². The van der Waals surface area contributed by atoms with E-state index in [2.05, 4.69) is 5.32 Å². The Morgan fingerprint density at radius 2 is 2.16 bits per heavy atom. The van der Waals surface area contributed by atoms with Crippen molar-refractivity contribution in [2.45, 2.75) is 32.2 Å². The second kappa shape index (κ2) is 6.06. The van der Waals surface area contributed by atoms with Crippen molar-refractivity contribution in [3.05, 3.63) is 29.3 Å². The second-order valence-corrected chi connectivity index (χ2v) is 5.19. The first-order valence-corrected chi connectivity index (χ1v) is 6.76. The molecule has 5 heteroatoms. The van der Waals surface area contributed by atoms with Crippen LogP contribution >= 0.6 is 11.6 Å². The van der Waals surface area contributed by atoms with E-state index in [-0.39, 0.29) is 11.8 Å². The summed E-state index contributed by atoms with van der Waals surface area (Å²) >= 11 is 5.84. The summed E-state index contributed by atoms with van der Waals surface area (Å²) < 4.78 is 0. The van der Waals surface area contributed by atoms with Gasteiger partial charge in [0, 0.05) is 36.6 Å². The van der Waals surface area contributed by atoms with Crippen LogP contribution < -0.4 is 5.32 Å². The zero-order valence-electron chi connectivity index (χ0n) is 10.9. The maximum atomic E-state index is 11.8. The Morgan fingerprint density at radius 1 is 1.42 bits per heavy atom. The van der Waals surface area contributed by atoms with E-state index < -0.39 is 0 Å². The number of benzene rings is 1. The van der Waals surface area contributed by atoms with Gasteiger partial charge in [-0.15, -0.1) is 0 Å².